The van der Waals surface area contributed by atoms with Gasteiger partial charge < -0.3 is 18.9 Å². The van der Waals surface area contributed by atoms with Gasteiger partial charge in [-0.15, -0.1) is 0 Å². The maximum Gasteiger partial charge on any atom is 0.337 e. The lowest BCUT2D eigenvalue weighted by molar-refractivity contribution is -0.136. The van der Waals surface area contributed by atoms with Crippen LogP contribution in [-0.2, 0) is 23.7 Å². The van der Waals surface area contributed by atoms with E-state index in [0.717, 1.165) is 16.7 Å². The van der Waals surface area contributed by atoms with Crippen LogP contribution >= 0.6 is 0 Å². The van der Waals surface area contributed by atoms with Crippen LogP contribution in [0.25, 0.3) is 72.5 Å². The highest BCUT2D eigenvalue weighted by atomic mass is 16.5. The van der Waals surface area contributed by atoms with Gasteiger partial charge in [0.15, 0.2) is 0 Å². The van der Waals surface area contributed by atoms with Crippen molar-refractivity contribution in [3.63, 3.8) is 0 Å². The second kappa shape index (κ2) is 16.5. The molecule has 0 bridgehead atoms. The Balaban J connectivity index is 1.27. The Kier molecular flexibility index (Phi) is 10.8. The lowest BCUT2D eigenvalue weighted by atomic mass is 9.94. The second-order valence-electron chi connectivity index (χ2n) is 13.8. The van der Waals surface area contributed by atoms with E-state index in [1.165, 1.54) is 28.4 Å². The number of allylic oxidation sites excluding steroid dienone is 3. The van der Waals surface area contributed by atoms with Gasteiger partial charge in [-0.25, -0.2) is 39.1 Å². The molecule has 0 aliphatic heterocycles. The van der Waals surface area contributed by atoms with Gasteiger partial charge in [-0.3, -0.25) is 0 Å². The van der Waals surface area contributed by atoms with E-state index in [-0.39, 0.29) is 0 Å². The molecule has 0 atom stereocenters. The van der Waals surface area contributed by atoms with Crippen LogP contribution in [0.1, 0.15) is 49.6 Å². The Hall–Kier alpha value is -7.86. The number of nitrogens with zero attached hydrogens (tertiary/aromatic N) is 4. The summed E-state index contributed by atoms with van der Waals surface area (Å²) in [7, 11) is 5.34. The summed E-state index contributed by atoms with van der Waals surface area (Å²) in [6.07, 6.45) is 4.95. The van der Waals surface area contributed by atoms with Crippen molar-refractivity contribution < 1.29 is 38.1 Å². The minimum atomic E-state index is -0.495. The molecule has 12 heteroatoms. The summed E-state index contributed by atoms with van der Waals surface area (Å²) in [4.78, 5) is 70.5. The van der Waals surface area contributed by atoms with E-state index in [9.17, 15) is 19.2 Å². The molecule has 296 valence electrons. The van der Waals surface area contributed by atoms with Gasteiger partial charge in [-0.05, 0) is 96.3 Å². The second-order valence-corrected chi connectivity index (χ2v) is 13.8. The van der Waals surface area contributed by atoms with Gasteiger partial charge in [-0.2, -0.15) is 0 Å². The molecule has 8 rings (SSSR count). The quantitative estimate of drug-likeness (QED) is 0.101. The molecule has 0 saturated heterocycles. The monoisotopic (exact) mass is 796 g/mol. The van der Waals surface area contributed by atoms with Gasteiger partial charge >= 0.3 is 23.9 Å². The van der Waals surface area contributed by atoms with Crippen LogP contribution in [-0.4, -0.2) is 72.3 Å². The number of ether oxygens (including phenoxy) is 4. The van der Waals surface area contributed by atoms with Crippen LogP contribution in [0.2, 0.25) is 0 Å². The first kappa shape index (κ1) is 39.0. The molecule has 0 N–H and O–H groups in total. The van der Waals surface area contributed by atoms with E-state index in [4.69, 9.17) is 38.9 Å². The Morgan fingerprint density at radius 1 is 0.433 bits per heavy atom. The SMILES string of the molecule is COC(=O)C1=CC(c2nc3ccc(-c4ccc5nc(-c6cccc(C(=O)OC)c6)c(-c6cccc(C(=O)OC)c6)nc5c4)cc3nc2-c2cccc(C(=O)OC)c2)=CCC1. The van der Waals surface area contributed by atoms with Crippen LogP contribution in [0.5, 0.6) is 0 Å². The third-order valence-electron chi connectivity index (χ3n) is 10.2. The lowest BCUT2D eigenvalue weighted by Crippen LogP contribution is -2.08. The average Bonchev–Trinajstić information content (AvgIpc) is 3.31. The van der Waals surface area contributed by atoms with Gasteiger partial charge in [0.1, 0.15) is 0 Å². The Bertz CT molecular complexity index is 2970. The predicted octanol–water partition coefficient (Wildman–Crippen LogP) is 8.88. The van der Waals surface area contributed by atoms with Gasteiger partial charge in [-0.1, -0.05) is 54.6 Å². The van der Waals surface area contributed by atoms with E-state index in [2.05, 4.69) is 0 Å². The zero-order valence-corrected chi connectivity index (χ0v) is 33.0. The molecule has 0 fully saturated rings. The van der Waals surface area contributed by atoms with Gasteiger partial charge in [0.25, 0.3) is 0 Å². The fraction of sp³-hybridized carbons (Fsp3) is 0.125. The molecule has 1 aliphatic carbocycles. The van der Waals surface area contributed by atoms with Crippen molar-refractivity contribution in [3.05, 3.63) is 149 Å². The first-order chi connectivity index (χ1) is 29.2. The third-order valence-corrected chi connectivity index (χ3v) is 10.2. The van der Waals surface area contributed by atoms with Crippen molar-refractivity contribution in [2.45, 2.75) is 12.8 Å². The molecule has 0 spiro atoms. The van der Waals surface area contributed by atoms with Gasteiger partial charge in [0, 0.05) is 22.3 Å². The van der Waals surface area contributed by atoms with E-state index in [1.807, 2.05) is 60.7 Å². The largest absolute Gasteiger partial charge is 0.466 e. The van der Waals surface area contributed by atoms with E-state index >= 15 is 0 Å². The first-order valence-electron chi connectivity index (χ1n) is 18.9. The molecule has 2 heterocycles. The zero-order valence-electron chi connectivity index (χ0n) is 33.0. The van der Waals surface area contributed by atoms with Crippen molar-refractivity contribution in [3.8, 4) is 44.9 Å². The van der Waals surface area contributed by atoms with Crippen molar-refractivity contribution in [1.82, 2.24) is 19.9 Å². The van der Waals surface area contributed by atoms with E-state index < -0.39 is 23.9 Å². The summed E-state index contributed by atoms with van der Waals surface area (Å²) >= 11 is 0. The maximum atomic E-state index is 12.6. The number of hydrogen-bond donors (Lipinski definition) is 0. The molecular weight excluding hydrogens is 761 g/mol. The highest BCUT2D eigenvalue weighted by molar-refractivity contribution is 5.98. The summed E-state index contributed by atoms with van der Waals surface area (Å²) in [6.45, 7) is 0. The Morgan fingerprint density at radius 3 is 1.27 bits per heavy atom. The standard InChI is InChI=1S/C48H36N4O8/c1-57-45(53)33-13-5-9-29(21-33)41-43(31-11-7-15-35(23-31)47(55)59-3)51-39-25-27(17-19-37(39)49-41)28-18-20-38-40(26-28)52-44(32-12-8-16-36(24-32)48(56)60-4)42(50-38)30-10-6-14-34(22-30)46(54)58-2/h5,7-13,15-26H,6,14H2,1-4H3. The molecule has 1 aliphatic rings. The molecule has 7 aromatic rings. The number of hydrogen-bond acceptors (Lipinski definition) is 12. The minimum absolute atomic E-state index is 0.344. The van der Waals surface area contributed by atoms with Crippen molar-refractivity contribution in [1.29, 1.82) is 0 Å². The smallest absolute Gasteiger partial charge is 0.337 e. The highest BCUT2D eigenvalue weighted by Crippen LogP contribution is 2.36. The molecule has 5 aromatic carbocycles. The number of methoxy groups -OCH3 is 4. The third kappa shape index (κ3) is 7.61. The van der Waals surface area contributed by atoms with E-state index in [1.54, 1.807) is 60.7 Å². The number of fused-ring (bicyclic) bond motifs is 2. The number of carbonyl (C=O) groups is 4. The summed E-state index contributed by atoms with van der Waals surface area (Å²) < 4.78 is 20.0. The topological polar surface area (TPSA) is 157 Å². The van der Waals surface area contributed by atoms with Crippen molar-refractivity contribution in [2.24, 2.45) is 0 Å². The van der Waals surface area contributed by atoms with E-state index in [0.29, 0.717) is 96.6 Å². The zero-order chi connectivity index (χ0) is 41.9. The molecule has 2 aromatic heterocycles. The minimum Gasteiger partial charge on any atom is -0.466 e. The summed E-state index contributed by atoms with van der Waals surface area (Å²) in [5.41, 5.74) is 10.3. The number of rotatable bonds is 9. The number of benzene rings is 5. The molecule has 60 heavy (non-hydrogen) atoms. The van der Waals surface area contributed by atoms with Gasteiger partial charge in [0.05, 0.1) is 90.0 Å². The molecular formula is C48H36N4O8. The number of carbonyl (C=O) groups excluding carboxylic acids is 4. The predicted molar refractivity (Wildman–Crippen MR) is 226 cm³/mol. The average molecular weight is 797 g/mol. The number of aromatic nitrogens is 4. The van der Waals surface area contributed by atoms with Crippen molar-refractivity contribution >= 4 is 51.5 Å². The highest BCUT2D eigenvalue weighted by Gasteiger charge is 2.22. The summed E-state index contributed by atoms with van der Waals surface area (Å²) in [5.74, 6) is -1.87. The van der Waals surface area contributed by atoms with Crippen LogP contribution in [0.15, 0.2) is 127 Å². The molecule has 0 saturated carbocycles. The maximum absolute atomic E-state index is 12.6. The summed E-state index contributed by atoms with van der Waals surface area (Å²) in [5, 5.41) is 0. The van der Waals surface area contributed by atoms with Crippen LogP contribution in [0, 0.1) is 0 Å². The first-order valence-corrected chi connectivity index (χ1v) is 18.9. The number of esters is 4. The molecule has 0 radical (unpaired) electrons. The van der Waals surface area contributed by atoms with Crippen LogP contribution in [0.3, 0.4) is 0 Å². The Morgan fingerprint density at radius 2 is 0.833 bits per heavy atom. The van der Waals surface area contributed by atoms with Gasteiger partial charge in [0.2, 0.25) is 0 Å². The fourth-order valence-corrected chi connectivity index (χ4v) is 7.17. The van der Waals surface area contributed by atoms with Crippen LogP contribution in [0.4, 0.5) is 0 Å². The van der Waals surface area contributed by atoms with Crippen molar-refractivity contribution in [2.75, 3.05) is 28.4 Å². The Labute approximate surface area is 344 Å². The van der Waals surface area contributed by atoms with Crippen LogP contribution < -0.4 is 0 Å². The molecule has 12 nitrogen and oxygen atoms in total. The molecule has 0 unspecified atom stereocenters. The summed E-state index contributed by atoms with van der Waals surface area (Å²) in [6, 6.07) is 32.4. The fourth-order valence-electron chi connectivity index (χ4n) is 7.17. The normalized spacial score (nSPS) is 12.3. The lowest BCUT2D eigenvalue weighted by Gasteiger charge is -2.16. The molecule has 0 amide bonds.